The molecule has 6 nitrogen and oxygen atoms in total. The van der Waals surface area contributed by atoms with E-state index in [-0.39, 0.29) is 16.7 Å². The molecule has 0 saturated carbocycles. The molecule has 0 bridgehead atoms. The monoisotopic (exact) mass is 261 g/mol. The number of nitrogens with zero attached hydrogens (tertiary/aromatic N) is 3. The third-order valence-corrected chi connectivity index (χ3v) is 3.55. The van der Waals surface area contributed by atoms with E-state index in [9.17, 15) is 9.59 Å². The number of aromatic nitrogens is 3. The SMILES string of the molecule is Cn1c(=O)n(CC2(C)COC2)c(=O)c2ncccc21. The average molecular weight is 261 g/mol. The van der Waals surface area contributed by atoms with E-state index in [1.165, 1.54) is 9.13 Å². The van der Waals surface area contributed by atoms with Crippen LogP contribution in [0.4, 0.5) is 0 Å². The molecule has 0 aromatic carbocycles. The number of hydrogen-bond donors (Lipinski definition) is 0. The molecule has 3 rings (SSSR count). The highest BCUT2D eigenvalue weighted by Gasteiger charge is 2.35. The highest BCUT2D eigenvalue weighted by molar-refractivity contribution is 5.72. The van der Waals surface area contributed by atoms with Crippen molar-refractivity contribution in [3.8, 4) is 0 Å². The maximum atomic E-state index is 12.4. The van der Waals surface area contributed by atoms with Crippen LogP contribution in [0.25, 0.3) is 11.0 Å². The van der Waals surface area contributed by atoms with Crippen LogP contribution in [0.15, 0.2) is 27.9 Å². The average Bonchev–Trinajstić information content (AvgIpc) is 2.39. The first kappa shape index (κ1) is 12.1. The zero-order valence-corrected chi connectivity index (χ0v) is 10.9. The van der Waals surface area contributed by atoms with Crippen molar-refractivity contribution in [1.29, 1.82) is 0 Å². The highest BCUT2D eigenvalue weighted by atomic mass is 16.5. The number of aryl methyl sites for hydroxylation is 1. The predicted molar refractivity (Wildman–Crippen MR) is 70.2 cm³/mol. The number of hydrogen-bond acceptors (Lipinski definition) is 4. The Balaban J connectivity index is 2.25. The Morgan fingerprint density at radius 1 is 1.42 bits per heavy atom. The fourth-order valence-electron chi connectivity index (χ4n) is 2.39. The van der Waals surface area contributed by atoms with Gasteiger partial charge in [0, 0.05) is 25.2 Å². The van der Waals surface area contributed by atoms with Gasteiger partial charge in [-0.25, -0.2) is 9.78 Å². The lowest BCUT2D eigenvalue weighted by atomic mass is 9.88. The third-order valence-electron chi connectivity index (χ3n) is 3.55. The number of fused-ring (bicyclic) bond motifs is 1. The lowest BCUT2D eigenvalue weighted by Crippen LogP contribution is -2.49. The topological polar surface area (TPSA) is 66.1 Å². The minimum absolute atomic E-state index is 0.140. The van der Waals surface area contributed by atoms with Crippen molar-refractivity contribution < 1.29 is 4.74 Å². The summed E-state index contributed by atoms with van der Waals surface area (Å²) in [5.74, 6) is 0. The van der Waals surface area contributed by atoms with Gasteiger partial charge in [-0.3, -0.25) is 13.9 Å². The van der Waals surface area contributed by atoms with E-state index in [4.69, 9.17) is 4.74 Å². The molecule has 100 valence electrons. The normalized spacial score (nSPS) is 17.4. The van der Waals surface area contributed by atoms with E-state index in [1.54, 1.807) is 25.4 Å². The first-order chi connectivity index (χ1) is 9.02. The van der Waals surface area contributed by atoms with Crippen LogP contribution in [-0.4, -0.2) is 27.3 Å². The standard InChI is InChI=1S/C13H15N3O3/c1-13(7-19-8-13)6-16-11(17)10-9(4-3-5-14-10)15(2)12(16)18/h3-5H,6-8H2,1-2H3. The minimum atomic E-state index is -0.327. The molecule has 2 aromatic heterocycles. The van der Waals surface area contributed by atoms with Crippen LogP contribution >= 0.6 is 0 Å². The molecular formula is C13H15N3O3. The second kappa shape index (κ2) is 4.03. The molecular weight excluding hydrogens is 246 g/mol. The van der Waals surface area contributed by atoms with E-state index >= 15 is 0 Å². The van der Waals surface area contributed by atoms with Crippen molar-refractivity contribution in [2.75, 3.05) is 13.2 Å². The zero-order chi connectivity index (χ0) is 13.6. The van der Waals surface area contributed by atoms with Crippen molar-refractivity contribution in [1.82, 2.24) is 14.1 Å². The summed E-state index contributed by atoms with van der Waals surface area (Å²) in [5.41, 5.74) is 0.112. The van der Waals surface area contributed by atoms with E-state index < -0.39 is 0 Å². The fraction of sp³-hybridized carbons (Fsp3) is 0.462. The van der Waals surface area contributed by atoms with Crippen molar-refractivity contribution in [2.24, 2.45) is 12.5 Å². The Morgan fingerprint density at radius 3 is 2.79 bits per heavy atom. The molecule has 1 saturated heterocycles. The van der Waals surface area contributed by atoms with E-state index in [0.717, 1.165) is 0 Å². The Kier molecular flexibility index (Phi) is 2.56. The van der Waals surface area contributed by atoms with Gasteiger partial charge in [-0.2, -0.15) is 0 Å². The number of pyridine rings is 1. The summed E-state index contributed by atoms with van der Waals surface area (Å²) in [4.78, 5) is 28.7. The fourth-order valence-corrected chi connectivity index (χ4v) is 2.39. The summed E-state index contributed by atoms with van der Waals surface area (Å²) in [6.45, 7) is 3.52. The van der Waals surface area contributed by atoms with Crippen molar-refractivity contribution >= 4 is 11.0 Å². The minimum Gasteiger partial charge on any atom is -0.380 e. The molecule has 2 aromatic rings. The van der Waals surface area contributed by atoms with E-state index in [0.29, 0.717) is 30.8 Å². The smallest absolute Gasteiger partial charge is 0.331 e. The molecule has 0 atom stereocenters. The largest absolute Gasteiger partial charge is 0.380 e. The molecule has 3 heterocycles. The van der Waals surface area contributed by atoms with Crippen LogP contribution in [0.3, 0.4) is 0 Å². The van der Waals surface area contributed by atoms with Gasteiger partial charge < -0.3 is 4.74 Å². The van der Waals surface area contributed by atoms with Crippen molar-refractivity contribution in [3.05, 3.63) is 39.2 Å². The highest BCUT2D eigenvalue weighted by Crippen LogP contribution is 2.27. The van der Waals surface area contributed by atoms with Crippen LogP contribution in [0.5, 0.6) is 0 Å². The molecule has 6 heteroatoms. The van der Waals surface area contributed by atoms with Gasteiger partial charge in [0.05, 0.1) is 18.7 Å². The molecule has 19 heavy (non-hydrogen) atoms. The van der Waals surface area contributed by atoms with E-state index in [1.807, 2.05) is 6.92 Å². The summed E-state index contributed by atoms with van der Waals surface area (Å²) in [6, 6.07) is 3.44. The van der Waals surface area contributed by atoms with Gasteiger partial charge in [0.1, 0.15) is 0 Å². The summed E-state index contributed by atoms with van der Waals surface area (Å²) in [7, 11) is 1.65. The van der Waals surface area contributed by atoms with Gasteiger partial charge in [0.25, 0.3) is 5.56 Å². The van der Waals surface area contributed by atoms with Gasteiger partial charge in [-0.15, -0.1) is 0 Å². The first-order valence-corrected chi connectivity index (χ1v) is 6.14. The van der Waals surface area contributed by atoms with Gasteiger partial charge in [-0.1, -0.05) is 6.92 Å². The van der Waals surface area contributed by atoms with Gasteiger partial charge in [0.15, 0.2) is 5.52 Å². The van der Waals surface area contributed by atoms with Crippen LogP contribution in [0.1, 0.15) is 6.92 Å². The van der Waals surface area contributed by atoms with Crippen LogP contribution in [-0.2, 0) is 18.3 Å². The molecule has 0 aliphatic carbocycles. The quantitative estimate of drug-likeness (QED) is 0.771. The Morgan fingerprint density at radius 2 is 2.16 bits per heavy atom. The summed E-state index contributed by atoms with van der Waals surface area (Å²) in [6.07, 6.45) is 1.56. The Hall–Kier alpha value is -1.95. The lowest BCUT2D eigenvalue weighted by molar-refractivity contribution is -0.111. The molecule has 0 radical (unpaired) electrons. The maximum Gasteiger partial charge on any atom is 0.331 e. The van der Waals surface area contributed by atoms with Crippen LogP contribution in [0.2, 0.25) is 0 Å². The lowest BCUT2D eigenvalue weighted by Gasteiger charge is -2.38. The third kappa shape index (κ3) is 1.79. The molecule has 0 unspecified atom stereocenters. The van der Waals surface area contributed by atoms with Crippen molar-refractivity contribution in [2.45, 2.75) is 13.5 Å². The molecule has 1 fully saturated rings. The second-order valence-corrected chi connectivity index (χ2v) is 5.41. The van der Waals surface area contributed by atoms with Crippen LogP contribution in [0, 0.1) is 5.41 Å². The maximum absolute atomic E-state index is 12.4. The van der Waals surface area contributed by atoms with E-state index in [2.05, 4.69) is 4.98 Å². The van der Waals surface area contributed by atoms with Gasteiger partial charge in [0.2, 0.25) is 0 Å². The molecule has 0 spiro atoms. The van der Waals surface area contributed by atoms with Crippen molar-refractivity contribution in [3.63, 3.8) is 0 Å². The Labute approximate surface area is 109 Å². The molecule has 0 N–H and O–H groups in total. The molecule has 1 aliphatic rings. The Bertz CT molecular complexity index is 756. The number of ether oxygens (including phenoxy) is 1. The summed E-state index contributed by atoms with van der Waals surface area (Å²) < 4.78 is 7.89. The second-order valence-electron chi connectivity index (χ2n) is 5.41. The van der Waals surface area contributed by atoms with Gasteiger partial charge in [-0.05, 0) is 12.1 Å². The first-order valence-electron chi connectivity index (χ1n) is 6.14. The summed E-state index contributed by atoms with van der Waals surface area (Å²) in [5, 5.41) is 0. The molecule has 0 amide bonds. The summed E-state index contributed by atoms with van der Waals surface area (Å²) >= 11 is 0. The number of rotatable bonds is 2. The zero-order valence-electron chi connectivity index (χ0n) is 10.9. The molecule has 1 aliphatic heterocycles. The van der Waals surface area contributed by atoms with Gasteiger partial charge >= 0.3 is 5.69 Å². The van der Waals surface area contributed by atoms with Crippen LogP contribution < -0.4 is 11.2 Å². The predicted octanol–water partition coefficient (Wildman–Crippen LogP) is 0.132.